The zero-order valence-corrected chi connectivity index (χ0v) is 26.4. The first kappa shape index (κ1) is 32.9. The van der Waals surface area contributed by atoms with E-state index in [0.717, 1.165) is 22.3 Å². The Bertz CT molecular complexity index is 1330. The lowest BCUT2D eigenvalue weighted by Crippen LogP contribution is -2.88. The van der Waals surface area contributed by atoms with E-state index >= 15 is 0 Å². The number of ketones is 2. The Hall–Kier alpha value is -4.06. The van der Waals surface area contributed by atoms with Crippen LogP contribution in [-0.2, 0) is 40.5 Å². The lowest BCUT2D eigenvalue weighted by Gasteiger charge is -2.66. The molecule has 4 aliphatic rings. The van der Waals surface area contributed by atoms with Crippen LogP contribution in [0.4, 0.5) is 0 Å². The van der Waals surface area contributed by atoms with E-state index in [4.69, 9.17) is 10.2 Å². The van der Waals surface area contributed by atoms with Gasteiger partial charge in [-0.25, -0.2) is 0 Å². The van der Waals surface area contributed by atoms with Gasteiger partial charge in [0.1, 0.15) is 24.7 Å². The molecule has 4 fully saturated rings. The fraction of sp³-hybridized carbons (Fsp3) is 0.316. The summed E-state index contributed by atoms with van der Waals surface area (Å²) in [6.07, 6.45) is -1.90. The third-order valence-corrected chi connectivity index (χ3v) is 8.83. The molecule has 0 unspecified atom stereocenters. The summed E-state index contributed by atoms with van der Waals surface area (Å²) in [7, 11) is 0. The third-order valence-electron chi connectivity index (χ3n) is 8.83. The van der Waals surface area contributed by atoms with E-state index < -0.39 is 24.7 Å². The van der Waals surface area contributed by atoms with Gasteiger partial charge in [0.05, 0.1) is 26.4 Å². The number of aliphatic hydroxyl groups excluding tert-OH is 2. The van der Waals surface area contributed by atoms with E-state index in [0.29, 0.717) is 39.4 Å². The minimum absolute atomic E-state index is 0.0278. The summed E-state index contributed by atoms with van der Waals surface area (Å²) < 4.78 is 4.63. The van der Waals surface area contributed by atoms with Crippen LogP contribution in [-0.4, -0.2) is 92.5 Å². The average molecular weight is 635 g/mol. The first-order chi connectivity index (χ1) is 23.1. The van der Waals surface area contributed by atoms with Gasteiger partial charge in [0, 0.05) is 26.2 Å². The van der Waals surface area contributed by atoms with Gasteiger partial charge in [0.15, 0.2) is 11.6 Å². The van der Waals surface area contributed by atoms with Crippen molar-refractivity contribution in [2.45, 2.75) is 50.8 Å². The van der Waals surface area contributed by atoms with Crippen LogP contribution in [0.15, 0.2) is 121 Å². The molecule has 0 aliphatic carbocycles. The first-order valence-corrected chi connectivity index (χ1v) is 16.2. The smallest absolute Gasteiger partial charge is 0.196 e. The van der Waals surface area contributed by atoms with Crippen LogP contribution in [0, 0.1) is 0 Å². The van der Waals surface area contributed by atoms with E-state index in [-0.39, 0.29) is 24.8 Å². The molecule has 9 heteroatoms. The fourth-order valence-electron chi connectivity index (χ4n) is 6.97. The predicted molar refractivity (Wildman–Crippen MR) is 178 cm³/mol. The molecule has 0 atom stereocenters. The van der Waals surface area contributed by atoms with Crippen molar-refractivity contribution in [1.29, 1.82) is 0 Å². The summed E-state index contributed by atoms with van der Waals surface area (Å²) in [4.78, 5) is 37.8. The van der Waals surface area contributed by atoms with Crippen molar-refractivity contribution in [3.05, 3.63) is 144 Å². The lowest BCUT2D eigenvalue weighted by atomic mass is 9.87. The Labute approximate surface area is 276 Å². The number of carbonyl (C=O) groups is 2. The summed E-state index contributed by atoms with van der Waals surface area (Å²) in [6.45, 7) is 2.82. The van der Waals surface area contributed by atoms with Crippen molar-refractivity contribution in [3.8, 4) is 0 Å². The van der Waals surface area contributed by atoms with Crippen LogP contribution in [0.25, 0.3) is 0 Å². The number of hydrogen-bond acceptors (Lipinski definition) is 9. The maximum atomic E-state index is 14.6. The molecule has 0 aromatic heterocycles. The zero-order valence-electron chi connectivity index (χ0n) is 26.4. The van der Waals surface area contributed by atoms with Gasteiger partial charge in [-0.15, -0.1) is 0 Å². The summed E-state index contributed by atoms with van der Waals surface area (Å²) >= 11 is 0. The molecule has 4 aromatic carbocycles. The highest BCUT2D eigenvalue weighted by atomic mass is 16.5. The van der Waals surface area contributed by atoms with E-state index in [9.17, 15) is 9.59 Å². The molecule has 0 saturated carbocycles. The van der Waals surface area contributed by atoms with Crippen molar-refractivity contribution in [2.24, 2.45) is 0 Å². The summed E-state index contributed by atoms with van der Waals surface area (Å²) in [6, 6.07) is 40.7. The fourth-order valence-corrected chi connectivity index (χ4v) is 6.97. The third kappa shape index (κ3) is 7.27. The normalized spacial score (nSPS) is 22.8. The molecule has 47 heavy (non-hydrogen) atoms. The van der Waals surface area contributed by atoms with Crippen LogP contribution >= 0.6 is 0 Å². The summed E-state index contributed by atoms with van der Waals surface area (Å²) in [5, 5.41) is 16.2. The highest BCUT2D eigenvalue weighted by Gasteiger charge is 2.66. The van der Waals surface area contributed by atoms with Gasteiger partial charge in [-0.1, -0.05) is 121 Å². The first-order valence-electron chi connectivity index (χ1n) is 16.2. The molecule has 0 spiro atoms. The van der Waals surface area contributed by atoms with Gasteiger partial charge in [-0.3, -0.25) is 29.2 Å². The zero-order chi connectivity index (χ0) is 32.6. The number of rotatable bonds is 12. The lowest BCUT2D eigenvalue weighted by molar-refractivity contribution is -0.252. The summed E-state index contributed by atoms with van der Waals surface area (Å²) in [5.74, 6) is 0.275. The van der Waals surface area contributed by atoms with Crippen molar-refractivity contribution in [2.75, 3.05) is 26.4 Å². The van der Waals surface area contributed by atoms with Crippen LogP contribution in [0.2, 0.25) is 0 Å². The Morgan fingerprint density at radius 3 is 0.872 bits per heavy atom. The molecule has 0 radical (unpaired) electrons. The molecule has 9 nitrogen and oxygen atoms in total. The largest absolute Gasteiger partial charge is 0.394 e. The van der Waals surface area contributed by atoms with Crippen LogP contribution < -0.4 is 0 Å². The van der Waals surface area contributed by atoms with Gasteiger partial charge >= 0.3 is 0 Å². The second kappa shape index (κ2) is 15.7. The van der Waals surface area contributed by atoms with Gasteiger partial charge < -0.3 is 14.9 Å². The van der Waals surface area contributed by atoms with Crippen molar-refractivity contribution < 1.29 is 24.5 Å². The molecular formula is C38H42N4O5. The van der Waals surface area contributed by atoms with E-state index in [1.165, 1.54) is 0 Å². The Balaban J connectivity index is 0.000000499. The number of carbonyl (C=O) groups excluding carboxylic acids is 2. The van der Waals surface area contributed by atoms with Crippen LogP contribution in [0.1, 0.15) is 22.3 Å². The second-order valence-electron chi connectivity index (χ2n) is 12.0. The van der Waals surface area contributed by atoms with Crippen molar-refractivity contribution in [1.82, 2.24) is 19.6 Å². The van der Waals surface area contributed by atoms with Crippen LogP contribution in [0.3, 0.4) is 0 Å². The SMILES string of the molecule is O=C1C2N(Cc3ccccc3)C3C(=O)C(N2Cc2ccccc2)N(Cc2ccccc2)C1N3Cc1ccccc1.OCCOCCO. The van der Waals surface area contributed by atoms with Gasteiger partial charge in [-0.2, -0.15) is 0 Å². The molecule has 2 N–H and O–H groups in total. The molecule has 4 aliphatic heterocycles. The number of Topliss-reactive ketones (excluding diaryl/α,β-unsaturated/α-hetero) is 2. The van der Waals surface area contributed by atoms with Crippen molar-refractivity contribution in [3.63, 3.8) is 0 Å². The molecule has 4 aromatic rings. The number of benzene rings is 4. The van der Waals surface area contributed by atoms with Crippen LogP contribution in [0.5, 0.6) is 0 Å². The highest BCUT2D eigenvalue weighted by molar-refractivity contribution is 6.00. The molecule has 4 heterocycles. The number of hydrogen-bond donors (Lipinski definition) is 2. The predicted octanol–water partition coefficient (Wildman–Crippen LogP) is 3.47. The molecule has 0 amide bonds. The molecule has 4 bridgehead atoms. The topological polar surface area (TPSA) is 96.8 Å². The number of aliphatic hydroxyl groups is 2. The van der Waals surface area contributed by atoms with Gasteiger partial charge in [-0.05, 0) is 22.3 Å². The standard InChI is InChI=1S/C34H32N4O2.C4H10O3/c39-29-31-35(21-25-13-5-1-6-14-25)32-30(40)33(36(31)22-26-15-7-2-8-16-26)38(24-28-19-11-4-12-20-28)34(29)37(32)23-27-17-9-3-10-18-27;5-1-3-7-4-2-6/h1-20,31-34H,21-24H2;5-6H,1-4H2. The average Bonchev–Trinajstić information content (AvgIpc) is 3.10. The molecular weight excluding hydrogens is 592 g/mol. The second-order valence-corrected chi connectivity index (χ2v) is 12.0. The Kier molecular flexibility index (Phi) is 11.0. The maximum Gasteiger partial charge on any atom is 0.196 e. The highest BCUT2D eigenvalue weighted by Crippen LogP contribution is 2.44. The van der Waals surface area contributed by atoms with Gasteiger partial charge in [0.2, 0.25) is 0 Å². The molecule has 4 saturated heterocycles. The van der Waals surface area contributed by atoms with E-state index in [1.54, 1.807) is 0 Å². The monoisotopic (exact) mass is 634 g/mol. The number of nitrogens with zero attached hydrogens (tertiary/aromatic N) is 4. The van der Waals surface area contributed by atoms with E-state index in [1.807, 2.05) is 72.8 Å². The summed E-state index contributed by atoms with van der Waals surface area (Å²) in [5.41, 5.74) is 4.37. The quantitative estimate of drug-likeness (QED) is 0.227. The Morgan fingerprint density at radius 1 is 0.426 bits per heavy atom. The van der Waals surface area contributed by atoms with Gasteiger partial charge in [0.25, 0.3) is 0 Å². The van der Waals surface area contributed by atoms with E-state index in [2.05, 4.69) is 72.9 Å². The number of ether oxygens (including phenoxy) is 1. The molecule has 244 valence electrons. The minimum atomic E-state index is -0.475. The van der Waals surface area contributed by atoms with Crippen molar-refractivity contribution >= 4 is 11.6 Å². The minimum Gasteiger partial charge on any atom is -0.394 e. The molecule has 8 rings (SSSR count). The maximum absolute atomic E-state index is 14.6. The Morgan fingerprint density at radius 2 is 0.660 bits per heavy atom.